The van der Waals surface area contributed by atoms with Crippen LogP contribution >= 0.6 is 0 Å². The first-order valence-electron chi connectivity index (χ1n) is 8.03. The van der Waals surface area contributed by atoms with Crippen LogP contribution < -0.4 is 0 Å². The molecule has 2 amide bonds. The second kappa shape index (κ2) is 7.73. The maximum absolute atomic E-state index is 12.7. The van der Waals surface area contributed by atoms with E-state index in [2.05, 4.69) is 0 Å². The van der Waals surface area contributed by atoms with Crippen molar-refractivity contribution in [2.75, 3.05) is 0 Å². The Morgan fingerprint density at radius 1 is 0.917 bits per heavy atom. The average Bonchev–Trinajstić information content (AvgIpc) is 2.55. The van der Waals surface area contributed by atoms with Crippen LogP contribution in [-0.4, -0.2) is 22.3 Å². The van der Waals surface area contributed by atoms with Crippen molar-refractivity contribution in [1.29, 1.82) is 0 Å². The predicted molar refractivity (Wildman–Crippen MR) is 97.5 cm³/mol. The van der Waals surface area contributed by atoms with Gasteiger partial charge >= 0.3 is 0 Å². The Hall–Kier alpha value is -2.68. The zero-order valence-electron chi connectivity index (χ0n) is 14.4. The first-order valence-corrected chi connectivity index (χ1v) is 8.03. The van der Waals surface area contributed by atoms with Crippen molar-refractivity contribution in [1.82, 2.24) is 4.90 Å². The van der Waals surface area contributed by atoms with Crippen LogP contribution in [0.4, 0.5) is 0 Å². The van der Waals surface area contributed by atoms with Crippen LogP contribution in [0.25, 0.3) is 6.08 Å². The van der Waals surface area contributed by atoms with Crippen LogP contribution in [0.5, 0.6) is 0 Å². The van der Waals surface area contributed by atoms with Crippen molar-refractivity contribution in [3.8, 4) is 0 Å². The molecule has 0 atom stereocenters. The monoisotopic (exact) mass is 321 g/mol. The van der Waals surface area contributed by atoms with Gasteiger partial charge in [-0.3, -0.25) is 14.5 Å². The number of benzene rings is 2. The molecule has 0 aliphatic carbocycles. The van der Waals surface area contributed by atoms with Gasteiger partial charge in [-0.05, 0) is 38.5 Å². The van der Waals surface area contributed by atoms with Gasteiger partial charge in [0.05, 0.1) is 0 Å². The van der Waals surface area contributed by atoms with Crippen molar-refractivity contribution in [2.45, 2.75) is 32.7 Å². The highest BCUT2D eigenvalue weighted by molar-refractivity contribution is 6.05. The Morgan fingerprint density at radius 3 is 2.00 bits per heavy atom. The molecule has 3 nitrogen and oxygen atoms in total. The predicted octanol–water partition coefficient (Wildman–Crippen LogP) is 4.56. The summed E-state index contributed by atoms with van der Waals surface area (Å²) in [6, 6.07) is 18.7. The molecule has 0 saturated carbocycles. The molecule has 0 spiro atoms. The van der Waals surface area contributed by atoms with Crippen LogP contribution in [-0.2, 0) is 4.79 Å². The molecule has 124 valence electrons. The topological polar surface area (TPSA) is 37.4 Å². The Labute approximate surface area is 143 Å². The Morgan fingerprint density at radius 2 is 1.46 bits per heavy atom. The van der Waals surface area contributed by atoms with E-state index in [-0.39, 0.29) is 18.2 Å². The lowest BCUT2D eigenvalue weighted by molar-refractivity contribution is -0.131. The molecule has 2 aromatic rings. The summed E-state index contributed by atoms with van der Waals surface area (Å²) in [4.78, 5) is 26.7. The standard InChI is InChI=1S/C21H23NO2/c1-21(2,3)22(20(24)18-14-8-5-9-15-18)19(23)16-10-13-17-11-6-4-7-12-17/h4-15H,16H2,1-3H3/b13-10+. The molecule has 0 N–H and O–H groups in total. The zero-order chi connectivity index (χ0) is 17.6. The molecule has 0 fully saturated rings. The molecule has 3 heteroatoms. The van der Waals surface area contributed by atoms with Gasteiger partial charge in [-0.1, -0.05) is 60.7 Å². The second-order valence-corrected chi connectivity index (χ2v) is 6.59. The number of nitrogens with zero attached hydrogens (tertiary/aromatic N) is 1. The van der Waals surface area contributed by atoms with Crippen molar-refractivity contribution < 1.29 is 9.59 Å². The average molecular weight is 321 g/mol. The summed E-state index contributed by atoms with van der Waals surface area (Å²) in [7, 11) is 0. The quantitative estimate of drug-likeness (QED) is 0.828. The molecule has 0 radical (unpaired) electrons. The first kappa shape index (κ1) is 17.7. The maximum Gasteiger partial charge on any atom is 0.260 e. The van der Waals surface area contributed by atoms with E-state index in [1.807, 2.05) is 63.2 Å². The molecule has 0 aromatic heterocycles. The van der Waals surface area contributed by atoms with E-state index < -0.39 is 5.54 Å². The number of rotatable bonds is 4. The number of amides is 2. The lowest BCUT2D eigenvalue weighted by Crippen LogP contribution is -2.49. The van der Waals surface area contributed by atoms with Crippen LogP contribution in [0.3, 0.4) is 0 Å². The van der Waals surface area contributed by atoms with E-state index in [1.54, 1.807) is 30.3 Å². The van der Waals surface area contributed by atoms with Crippen LogP contribution in [0.15, 0.2) is 66.7 Å². The molecule has 2 rings (SSSR count). The molecule has 0 unspecified atom stereocenters. The Bertz CT molecular complexity index is 713. The number of carbonyl (C=O) groups is 2. The fourth-order valence-electron chi connectivity index (χ4n) is 2.45. The normalized spacial score (nSPS) is 11.5. The van der Waals surface area contributed by atoms with Gasteiger partial charge in [0.1, 0.15) is 0 Å². The number of hydrogen-bond donors (Lipinski definition) is 0. The summed E-state index contributed by atoms with van der Waals surface area (Å²) < 4.78 is 0. The SMILES string of the molecule is CC(C)(C)N(C(=O)C/C=C/c1ccccc1)C(=O)c1ccccc1. The molecule has 0 bridgehead atoms. The van der Waals surface area contributed by atoms with E-state index in [9.17, 15) is 9.59 Å². The van der Waals surface area contributed by atoms with E-state index in [0.29, 0.717) is 5.56 Å². The zero-order valence-corrected chi connectivity index (χ0v) is 14.4. The Kier molecular flexibility index (Phi) is 5.69. The molecule has 0 heterocycles. The minimum Gasteiger partial charge on any atom is -0.274 e. The summed E-state index contributed by atoms with van der Waals surface area (Å²) in [6.07, 6.45) is 3.88. The molecular formula is C21H23NO2. The van der Waals surface area contributed by atoms with Gasteiger partial charge in [-0.2, -0.15) is 0 Å². The van der Waals surface area contributed by atoms with Crippen LogP contribution in [0.2, 0.25) is 0 Å². The Balaban J connectivity index is 2.15. The van der Waals surface area contributed by atoms with Gasteiger partial charge in [0, 0.05) is 17.5 Å². The van der Waals surface area contributed by atoms with Crippen molar-refractivity contribution in [3.63, 3.8) is 0 Å². The number of imide groups is 1. The third-order valence-electron chi connectivity index (χ3n) is 3.55. The van der Waals surface area contributed by atoms with Gasteiger partial charge in [-0.25, -0.2) is 0 Å². The minimum absolute atomic E-state index is 0.185. The molecule has 0 aliphatic heterocycles. The van der Waals surface area contributed by atoms with Gasteiger partial charge in [0.2, 0.25) is 5.91 Å². The lowest BCUT2D eigenvalue weighted by atomic mass is 10.0. The molecule has 24 heavy (non-hydrogen) atoms. The summed E-state index contributed by atoms with van der Waals surface area (Å²) in [6.45, 7) is 5.60. The second-order valence-electron chi connectivity index (χ2n) is 6.59. The third-order valence-corrected chi connectivity index (χ3v) is 3.55. The largest absolute Gasteiger partial charge is 0.274 e. The number of hydrogen-bond acceptors (Lipinski definition) is 2. The van der Waals surface area contributed by atoms with Crippen LogP contribution in [0, 0.1) is 0 Å². The van der Waals surface area contributed by atoms with Crippen LogP contribution in [0.1, 0.15) is 43.1 Å². The molecule has 0 aliphatic rings. The minimum atomic E-state index is -0.579. The summed E-state index contributed by atoms with van der Waals surface area (Å²) in [5, 5.41) is 0. The highest BCUT2D eigenvalue weighted by Gasteiger charge is 2.32. The fourth-order valence-corrected chi connectivity index (χ4v) is 2.45. The summed E-state index contributed by atoms with van der Waals surface area (Å²) >= 11 is 0. The van der Waals surface area contributed by atoms with Crippen molar-refractivity contribution in [2.24, 2.45) is 0 Å². The van der Waals surface area contributed by atoms with Gasteiger partial charge in [0.25, 0.3) is 5.91 Å². The van der Waals surface area contributed by atoms with Crippen molar-refractivity contribution in [3.05, 3.63) is 77.9 Å². The van der Waals surface area contributed by atoms with E-state index in [0.717, 1.165) is 5.56 Å². The van der Waals surface area contributed by atoms with Crippen molar-refractivity contribution >= 4 is 17.9 Å². The maximum atomic E-state index is 12.7. The van der Waals surface area contributed by atoms with E-state index >= 15 is 0 Å². The summed E-state index contributed by atoms with van der Waals surface area (Å²) in [5.41, 5.74) is 0.972. The highest BCUT2D eigenvalue weighted by atomic mass is 16.2. The molecule has 2 aromatic carbocycles. The highest BCUT2D eigenvalue weighted by Crippen LogP contribution is 2.19. The smallest absolute Gasteiger partial charge is 0.260 e. The van der Waals surface area contributed by atoms with E-state index in [1.165, 1.54) is 4.90 Å². The first-order chi connectivity index (χ1) is 11.4. The lowest BCUT2D eigenvalue weighted by Gasteiger charge is -2.33. The number of carbonyl (C=O) groups excluding carboxylic acids is 2. The third kappa shape index (κ3) is 4.66. The molecule has 0 saturated heterocycles. The van der Waals surface area contributed by atoms with Gasteiger partial charge < -0.3 is 0 Å². The van der Waals surface area contributed by atoms with Gasteiger partial charge in [0.15, 0.2) is 0 Å². The summed E-state index contributed by atoms with van der Waals surface area (Å²) in [5.74, 6) is -0.468. The van der Waals surface area contributed by atoms with E-state index in [4.69, 9.17) is 0 Å². The molecular weight excluding hydrogens is 298 g/mol. The van der Waals surface area contributed by atoms with Gasteiger partial charge in [-0.15, -0.1) is 0 Å². The fraction of sp³-hybridized carbons (Fsp3) is 0.238.